The van der Waals surface area contributed by atoms with Crippen LogP contribution in [0, 0.1) is 5.41 Å². The van der Waals surface area contributed by atoms with Crippen molar-refractivity contribution in [2.24, 2.45) is 11.1 Å². The predicted molar refractivity (Wildman–Crippen MR) is 54.4 cm³/mol. The van der Waals surface area contributed by atoms with Gasteiger partial charge in [-0.1, -0.05) is 27.7 Å². The van der Waals surface area contributed by atoms with E-state index in [9.17, 15) is 10.2 Å². The van der Waals surface area contributed by atoms with Gasteiger partial charge in [0.15, 0.2) is 0 Å². The topological polar surface area (TPSA) is 66.5 Å². The van der Waals surface area contributed by atoms with Crippen LogP contribution in [0.1, 0.15) is 40.5 Å². The molecule has 3 nitrogen and oxygen atoms in total. The van der Waals surface area contributed by atoms with Gasteiger partial charge >= 0.3 is 0 Å². The third-order valence-electron chi connectivity index (χ3n) is 2.83. The Labute approximate surface area is 81.0 Å². The minimum Gasteiger partial charge on any atom is -0.392 e. The molecule has 4 N–H and O–H groups in total. The Morgan fingerprint density at radius 1 is 1.31 bits per heavy atom. The second-order valence-electron chi connectivity index (χ2n) is 4.73. The van der Waals surface area contributed by atoms with Crippen LogP contribution < -0.4 is 5.73 Å². The number of aliphatic hydroxyl groups is 2. The van der Waals surface area contributed by atoms with Gasteiger partial charge in [0, 0.05) is 13.0 Å². The van der Waals surface area contributed by atoms with E-state index in [4.69, 9.17) is 5.73 Å². The molecule has 0 fully saturated rings. The molecular formula is C10H23NO2. The van der Waals surface area contributed by atoms with Crippen LogP contribution >= 0.6 is 0 Å². The molecule has 0 radical (unpaired) electrons. The van der Waals surface area contributed by atoms with Gasteiger partial charge in [0.2, 0.25) is 0 Å². The van der Waals surface area contributed by atoms with Crippen LogP contribution in [0.2, 0.25) is 0 Å². The van der Waals surface area contributed by atoms with Gasteiger partial charge in [-0.05, 0) is 11.8 Å². The van der Waals surface area contributed by atoms with Gasteiger partial charge in [-0.3, -0.25) is 0 Å². The molecule has 0 aromatic heterocycles. The number of hydrogen-bond donors (Lipinski definition) is 3. The van der Waals surface area contributed by atoms with E-state index in [1.807, 2.05) is 27.7 Å². The lowest BCUT2D eigenvalue weighted by atomic mass is 9.72. The van der Waals surface area contributed by atoms with Crippen molar-refractivity contribution in [3.8, 4) is 0 Å². The zero-order valence-electron chi connectivity index (χ0n) is 9.17. The van der Waals surface area contributed by atoms with Gasteiger partial charge in [-0.2, -0.15) is 0 Å². The van der Waals surface area contributed by atoms with Crippen LogP contribution in [0.4, 0.5) is 0 Å². The summed E-state index contributed by atoms with van der Waals surface area (Å²) in [6.07, 6.45) is 0.376. The molecule has 0 amide bonds. The van der Waals surface area contributed by atoms with Crippen LogP contribution in [0.25, 0.3) is 0 Å². The van der Waals surface area contributed by atoms with Crippen LogP contribution in [0.15, 0.2) is 0 Å². The molecule has 0 aliphatic rings. The molecule has 0 rings (SSSR count). The second-order valence-corrected chi connectivity index (χ2v) is 4.73. The van der Waals surface area contributed by atoms with E-state index < -0.39 is 11.7 Å². The minimum absolute atomic E-state index is 0.207. The molecule has 0 saturated carbocycles. The first-order valence-corrected chi connectivity index (χ1v) is 4.87. The SMILES string of the molecule is CC[C@](O)(C[C@H](O)CN)C(C)(C)C. The summed E-state index contributed by atoms with van der Waals surface area (Å²) >= 11 is 0. The maximum atomic E-state index is 10.2. The molecule has 0 heterocycles. The van der Waals surface area contributed by atoms with Crippen LogP contribution in [0.5, 0.6) is 0 Å². The predicted octanol–water partition coefficient (Wildman–Crippen LogP) is 0.883. The largest absolute Gasteiger partial charge is 0.392 e. The van der Waals surface area contributed by atoms with E-state index in [0.29, 0.717) is 12.8 Å². The zero-order chi connectivity index (χ0) is 10.7. The maximum Gasteiger partial charge on any atom is 0.0718 e. The summed E-state index contributed by atoms with van der Waals surface area (Å²) in [5, 5.41) is 19.6. The average molecular weight is 189 g/mol. The zero-order valence-corrected chi connectivity index (χ0v) is 9.17. The first kappa shape index (κ1) is 12.9. The summed E-state index contributed by atoms with van der Waals surface area (Å²) < 4.78 is 0. The molecule has 0 saturated heterocycles. The molecule has 0 aromatic carbocycles. The Morgan fingerprint density at radius 2 is 1.77 bits per heavy atom. The molecule has 3 heteroatoms. The van der Waals surface area contributed by atoms with Crippen molar-refractivity contribution in [1.29, 1.82) is 0 Å². The molecular weight excluding hydrogens is 166 g/mol. The Balaban J connectivity index is 4.46. The lowest BCUT2D eigenvalue weighted by Gasteiger charge is -2.41. The molecule has 0 aliphatic carbocycles. The smallest absolute Gasteiger partial charge is 0.0718 e. The van der Waals surface area contributed by atoms with Crippen LogP contribution in [0.3, 0.4) is 0 Å². The van der Waals surface area contributed by atoms with Gasteiger partial charge in [-0.15, -0.1) is 0 Å². The highest BCUT2D eigenvalue weighted by atomic mass is 16.3. The third kappa shape index (κ3) is 3.25. The van der Waals surface area contributed by atoms with E-state index in [0.717, 1.165) is 0 Å². The van der Waals surface area contributed by atoms with E-state index in [-0.39, 0.29) is 12.0 Å². The summed E-state index contributed by atoms with van der Waals surface area (Å²) in [6.45, 7) is 8.05. The molecule has 80 valence electrons. The van der Waals surface area contributed by atoms with E-state index in [2.05, 4.69) is 0 Å². The fourth-order valence-electron chi connectivity index (χ4n) is 1.45. The van der Waals surface area contributed by atoms with Crippen LogP contribution in [-0.2, 0) is 0 Å². The fraction of sp³-hybridized carbons (Fsp3) is 1.00. The first-order chi connectivity index (χ1) is 5.77. The highest BCUT2D eigenvalue weighted by Gasteiger charge is 2.39. The standard InChI is InChI=1S/C10H23NO2/c1-5-10(13,9(2,3)4)6-8(12)7-11/h8,12-13H,5-7,11H2,1-4H3/t8-,10-/m0/s1. The molecule has 0 aliphatic heterocycles. The lowest BCUT2D eigenvalue weighted by molar-refractivity contribution is -0.0899. The van der Waals surface area contributed by atoms with Gasteiger partial charge in [-0.25, -0.2) is 0 Å². The van der Waals surface area contributed by atoms with E-state index in [1.54, 1.807) is 0 Å². The number of hydrogen-bond acceptors (Lipinski definition) is 3. The second kappa shape index (κ2) is 4.40. The summed E-state index contributed by atoms with van der Waals surface area (Å²) in [6, 6.07) is 0. The van der Waals surface area contributed by atoms with Crippen molar-refractivity contribution in [3.63, 3.8) is 0 Å². The monoisotopic (exact) mass is 189 g/mol. The fourth-order valence-corrected chi connectivity index (χ4v) is 1.45. The number of rotatable bonds is 4. The highest BCUT2D eigenvalue weighted by molar-refractivity contribution is 4.91. The van der Waals surface area contributed by atoms with Gasteiger partial charge in [0.25, 0.3) is 0 Å². The summed E-state index contributed by atoms with van der Waals surface area (Å²) in [7, 11) is 0. The Hall–Kier alpha value is -0.120. The van der Waals surface area contributed by atoms with Crippen molar-refractivity contribution in [2.45, 2.75) is 52.2 Å². The van der Waals surface area contributed by atoms with Gasteiger partial charge < -0.3 is 15.9 Å². The van der Waals surface area contributed by atoms with Crippen LogP contribution in [-0.4, -0.2) is 28.5 Å². The van der Waals surface area contributed by atoms with Gasteiger partial charge in [0.1, 0.15) is 0 Å². The molecule has 13 heavy (non-hydrogen) atoms. The average Bonchev–Trinajstić information content (AvgIpc) is 2.02. The lowest BCUT2D eigenvalue weighted by Crippen LogP contribution is -2.46. The Morgan fingerprint density at radius 3 is 2.00 bits per heavy atom. The summed E-state index contributed by atoms with van der Waals surface area (Å²) in [5.74, 6) is 0. The minimum atomic E-state index is -0.828. The quantitative estimate of drug-likeness (QED) is 0.615. The third-order valence-corrected chi connectivity index (χ3v) is 2.83. The van der Waals surface area contributed by atoms with Crippen molar-refractivity contribution < 1.29 is 10.2 Å². The Kier molecular flexibility index (Phi) is 4.36. The maximum absolute atomic E-state index is 10.2. The van der Waals surface area contributed by atoms with Crippen molar-refractivity contribution in [3.05, 3.63) is 0 Å². The Bertz CT molecular complexity index is 153. The first-order valence-electron chi connectivity index (χ1n) is 4.87. The van der Waals surface area contributed by atoms with E-state index in [1.165, 1.54) is 0 Å². The normalized spacial score (nSPS) is 19.6. The number of nitrogens with two attached hydrogens (primary N) is 1. The summed E-state index contributed by atoms with van der Waals surface area (Å²) in [4.78, 5) is 0. The molecule has 0 spiro atoms. The van der Waals surface area contributed by atoms with Crippen molar-refractivity contribution >= 4 is 0 Å². The molecule has 2 atom stereocenters. The molecule has 0 bridgehead atoms. The van der Waals surface area contributed by atoms with Crippen molar-refractivity contribution in [1.82, 2.24) is 0 Å². The highest BCUT2D eigenvalue weighted by Crippen LogP contribution is 2.36. The van der Waals surface area contributed by atoms with Crippen molar-refractivity contribution in [2.75, 3.05) is 6.54 Å². The van der Waals surface area contributed by atoms with E-state index >= 15 is 0 Å². The summed E-state index contributed by atoms with van der Waals surface area (Å²) in [5.41, 5.74) is 4.26. The molecule has 0 aromatic rings. The van der Waals surface area contributed by atoms with Gasteiger partial charge in [0.05, 0.1) is 11.7 Å². The number of aliphatic hydroxyl groups excluding tert-OH is 1. The molecule has 0 unspecified atom stereocenters.